The van der Waals surface area contributed by atoms with E-state index in [1.807, 2.05) is 38.7 Å². The number of likely N-dealkylation sites (tertiary alicyclic amines) is 1. The van der Waals surface area contributed by atoms with Crippen LogP contribution in [0.5, 0.6) is 0 Å². The van der Waals surface area contributed by atoms with Gasteiger partial charge in [0.1, 0.15) is 0 Å². The van der Waals surface area contributed by atoms with Crippen molar-refractivity contribution in [2.45, 2.75) is 46.6 Å². The first-order valence-electron chi connectivity index (χ1n) is 6.50. The monoisotopic (exact) mass is 247 g/mol. The third kappa shape index (κ3) is 2.52. The average Bonchev–Trinajstić information content (AvgIpc) is 2.75. The number of rotatable bonds is 1. The zero-order chi connectivity index (χ0) is 13.3. The lowest BCUT2D eigenvalue weighted by Crippen LogP contribution is -2.39. The van der Waals surface area contributed by atoms with Gasteiger partial charge < -0.3 is 4.90 Å². The van der Waals surface area contributed by atoms with E-state index >= 15 is 0 Å². The molecule has 1 atom stereocenters. The molecule has 1 aromatic rings. The molecule has 1 aliphatic rings. The van der Waals surface area contributed by atoms with E-state index in [9.17, 15) is 4.79 Å². The fourth-order valence-corrected chi connectivity index (χ4v) is 2.34. The fourth-order valence-electron chi connectivity index (χ4n) is 2.34. The molecule has 0 aromatic carbocycles. The largest absolute Gasteiger partial charge is 0.332 e. The van der Waals surface area contributed by atoms with Gasteiger partial charge in [0.05, 0.1) is 6.04 Å². The zero-order valence-electron chi connectivity index (χ0n) is 11.6. The predicted octanol–water partition coefficient (Wildman–Crippen LogP) is 2.49. The Morgan fingerprint density at radius 1 is 1.44 bits per heavy atom. The van der Waals surface area contributed by atoms with Crippen LogP contribution in [-0.2, 0) is 4.79 Å². The van der Waals surface area contributed by atoms with E-state index in [-0.39, 0.29) is 17.4 Å². The van der Waals surface area contributed by atoms with Crippen molar-refractivity contribution in [3.8, 4) is 0 Å². The smallest absolute Gasteiger partial charge is 0.228 e. The first-order chi connectivity index (χ1) is 8.39. The molecule has 18 heavy (non-hydrogen) atoms. The number of carbonyl (C=O) groups is 1. The Morgan fingerprint density at radius 2 is 2.17 bits per heavy atom. The van der Waals surface area contributed by atoms with Crippen LogP contribution >= 0.6 is 0 Å². The molecule has 0 radical (unpaired) electrons. The van der Waals surface area contributed by atoms with Crippen molar-refractivity contribution in [3.63, 3.8) is 0 Å². The molecule has 1 aromatic heterocycles. The lowest BCUT2D eigenvalue weighted by atomic mass is 9.94. The second-order valence-corrected chi connectivity index (χ2v) is 5.96. The number of nitrogens with zero attached hydrogens (tertiary/aromatic N) is 3. The quantitative estimate of drug-likeness (QED) is 0.766. The summed E-state index contributed by atoms with van der Waals surface area (Å²) in [7, 11) is 0. The standard InChI is InChI=1S/C14H21N3O/c1-10-7-8-15-12(16-10)11-6-5-9-17(11)13(18)14(2,3)4/h7-8,11H,5-6,9H2,1-4H3. The Morgan fingerprint density at radius 3 is 2.78 bits per heavy atom. The molecule has 1 fully saturated rings. The van der Waals surface area contributed by atoms with E-state index in [1.54, 1.807) is 6.20 Å². The SMILES string of the molecule is Cc1ccnc(C2CCCN2C(=O)C(C)(C)C)n1. The number of amides is 1. The minimum Gasteiger partial charge on any atom is -0.332 e. The van der Waals surface area contributed by atoms with Crippen LogP contribution in [0.15, 0.2) is 12.3 Å². The van der Waals surface area contributed by atoms with Gasteiger partial charge in [-0.3, -0.25) is 4.79 Å². The molecule has 4 heteroatoms. The minimum absolute atomic E-state index is 0.0524. The third-order valence-corrected chi connectivity index (χ3v) is 3.27. The molecule has 0 aliphatic carbocycles. The highest BCUT2D eigenvalue weighted by Gasteiger charge is 2.36. The van der Waals surface area contributed by atoms with Crippen molar-refractivity contribution in [1.82, 2.24) is 14.9 Å². The molecule has 1 aliphatic heterocycles. The molecular weight excluding hydrogens is 226 g/mol. The van der Waals surface area contributed by atoms with Crippen LogP contribution in [0.2, 0.25) is 0 Å². The molecule has 98 valence electrons. The number of hydrogen-bond acceptors (Lipinski definition) is 3. The summed E-state index contributed by atoms with van der Waals surface area (Å²) < 4.78 is 0. The maximum atomic E-state index is 12.4. The van der Waals surface area contributed by atoms with Crippen LogP contribution in [0.4, 0.5) is 0 Å². The maximum Gasteiger partial charge on any atom is 0.228 e. The second-order valence-electron chi connectivity index (χ2n) is 5.96. The van der Waals surface area contributed by atoms with Crippen LogP contribution in [0.3, 0.4) is 0 Å². The Balaban J connectivity index is 2.25. The van der Waals surface area contributed by atoms with Gasteiger partial charge in [0.25, 0.3) is 0 Å². The molecule has 4 nitrogen and oxygen atoms in total. The van der Waals surface area contributed by atoms with Crippen molar-refractivity contribution >= 4 is 5.91 Å². The first-order valence-corrected chi connectivity index (χ1v) is 6.50. The number of hydrogen-bond donors (Lipinski definition) is 0. The molecule has 2 heterocycles. The van der Waals surface area contributed by atoms with Gasteiger partial charge in [-0.15, -0.1) is 0 Å². The Hall–Kier alpha value is -1.45. The molecule has 0 N–H and O–H groups in total. The van der Waals surface area contributed by atoms with E-state index < -0.39 is 0 Å². The molecular formula is C14H21N3O. The summed E-state index contributed by atoms with van der Waals surface area (Å²) in [5.74, 6) is 0.972. The Bertz CT molecular complexity index is 451. The van der Waals surface area contributed by atoms with Crippen molar-refractivity contribution in [3.05, 3.63) is 23.8 Å². The van der Waals surface area contributed by atoms with Gasteiger partial charge in [-0.2, -0.15) is 0 Å². The van der Waals surface area contributed by atoms with Crippen molar-refractivity contribution in [2.24, 2.45) is 5.41 Å². The summed E-state index contributed by atoms with van der Waals surface area (Å²) >= 11 is 0. The summed E-state index contributed by atoms with van der Waals surface area (Å²) in [5.41, 5.74) is 0.613. The summed E-state index contributed by atoms with van der Waals surface area (Å²) in [6, 6.07) is 1.94. The fraction of sp³-hybridized carbons (Fsp3) is 0.643. The van der Waals surface area contributed by atoms with Crippen LogP contribution in [-0.4, -0.2) is 27.3 Å². The van der Waals surface area contributed by atoms with E-state index in [1.165, 1.54) is 0 Å². The average molecular weight is 247 g/mol. The minimum atomic E-state index is -0.341. The lowest BCUT2D eigenvalue weighted by Gasteiger charge is -2.30. The van der Waals surface area contributed by atoms with Gasteiger partial charge in [0, 0.05) is 23.9 Å². The van der Waals surface area contributed by atoms with Crippen molar-refractivity contribution < 1.29 is 4.79 Å². The summed E-state index contributed by atoms with van der Waals surface area (Å²) in [4.78, 5) is 23.1. The molecule has 2 rings (SSSR count). The summed E-state index contributed by atoms with van der Waals surface area (Å²) in [6.07, 6.45) is 3.77. The molecule has 0 spiro atoms. The first kappa shape index (κ1) is 13.0. The number of aromatic nitrogens is 2. The third-order valence-electron chi connectivity index (χ3n) is 3.27. The lowest BCUT2D eigenvalue weighted by molar-refractivity contribution is -0.140. The van der Waals surface area contributed by atoms with Gasteiger partial charge >= 0.3 is 0 Å². The molecule has 1 saturated heterocycles. The highest BCUT2D eigenvalue weighted by molar-refractivity contribution is 5.82. The maximum absolute atomic E-state index is 12.4. The van der Waals surface area contributed by atoms with Crippen LogP contribution in [0.1, 0.15) is 51.2 Å². The van der Waals surface area contributed by atoms with Gasteiger partial charge in [0.2, 0.25) is 5.91 Å². The molecule has 0 saturated carbocycles. The molecule has 0 bridgehead atoms. The van der Waals surface area contributed by atoms with Crippen LogP contribution < -0.4 is 0 Å². The van der Waals surface area contributed by atoms with E-state index in [0.717, 1.165) is 30.9 Å². The van der Waals surface area contributed by atoms with Crippen molar-refractivity contribution in [1.29, 1.82) is 0 Å². The van der Waals surface area contributed by atoms with Crippen LogP contribution in [0, 0.1) is 12.3 Å². The predicted molar refractivity (Wildman–Crippen MR) is 69.9 cm³/mol. The Kier molecular flexibility index (Phi) is 3.37. The molecule has 1 amide bonds. The Labute approximate surface area is 108 Å². The summed E-state index contributed by atoms with van der Waals surface area (Å²) in [5, 5.41) is 0. The normalized spacial score (nSPS) is 20.2. The second kappa shape index (κ2) is 4.67. The van der Waals surface area contributed by atoms with Gasteiger partial charge in [-0.25, -0.2) is 9.97 Å². The highest BCUT2D eigenvalue weighted by atomic mass is 16.2. The molecule has 1 unspecified atom stereocenters. The van der Waals surface area contributed by atoms with Crippen LogP contribution in [0.25, 0.3) is 0 Å². The van der Waals surface area contributed by atoms with Gasteiger partial charge in [0.15, 0.2) is 5.82 Å². The summed E-state index contributed by atoms with van der Waals surface area (Å²) in [6.45, 7) is 8.65. The van der Waals surface area contributed by atoms with E-state index in [0.29, 0.717) is 0 Å². The number of aryl methyl sites for hydroxylation is 1. The van der Waals surface area contributed by atoms with Gasteiger partial charge in [-0.05, 0) is 25.8 Å². The van der Waals surface area contributed by atoms with Gasteiger partial charge in [-0.1, -0.05) is 20.8 Å². The number of carbonyl (C=O) groups excluding carboxylic acids is 1. The van der Waals surface area contributed by atoms with Crippen molar-refractivity contribution in [2.75, 3.05) is 6.54 Å². The van der Waals surface area contributed by atoms with E-state index in [2.05, 4.69) is 9.97 Å². The highest BCUT2D eigenvalue weighted by Crippen LogP contribution is 2.33. The topological polar surface area (TPSA) is 46.1 Å². The van der Waals surface area contributed by atoms with E-state index in [4.69, 9.17) is 0 Å². The zero-order valence-corrected chi connectivity index (χ0v) is 11.6.